The number of benzene rings is 4. The molecule has 0 aliphatic heterocycles. The molecule has 158 valence electrons. The molecule has 0 saturated carbocycles. The molecule has 0 fully saturated rings. The molecule has 0 aliphatic carbocycles. The first-order chi connectivity index (χ1) is 15.7. The van der Waals surface area contributed by atoms with E-state index in [1.807, 2.05) is 79.7 Å². The monoisotopic (exact) mass is 420 g/mol. The van der Waals surface area contributed by atoms with E-state index in [0.717, 1.165) is 33.2 Å². The maximum absolute atomic E-state index is 13.0. The van der Waals surface area contributed by atoms with Crippen LogP contribution >= 0.6 is 0 Å². The van der Waals surface area contributed by atoms with E-state index < -0.39 is 0 Å². The van der Waals surface area contributed by atoms with Crippen LogP contribution in [0.15, 0.2) is 97.1 Å². The zero-order chi connectivity index (χ0) is 21.9. The Hall–Kier alpha value is -4.05. The van der Waals surface area contributed by atoms with Crippen molar-refractivity contribution in [3.63, 3.8) is 0 Å². The topological polar surface area (TPSA) is 54.1 Å². The van der Waals surface area contributed by atoms with Crippen LogP contribution in [0.1, 0.15) is 34.6 Å². The molecule has 0 spiro atoms. The number of carbonyl (C=O) groups excluding carboxylic acids is 1. The van der Waals surface area contributed by atoms with Crippen molar-refractivity contribution in [3.8, 4) is 5.75 Å². The summed E-state index contributed by atoms with van der Waals surface area (Å²) in [4.78, 5) is 16.2. The summed E-state index contributed by atoms with van der Waals surface area (Å²) in [5.74, 6) is 0.643. The molecular weight excluding hydrogens is 396 g/mol. The predicted octanol–water partition coefficient (Wildman–Crippen LogP) is 6.39. The average Bonchev–Trinajstić information content (AvgIpc) is 3.27. The summed E-state index contributed by atoms with van der Waals surface area (Å²) in [5, 5.41) is 6.39. The normalized spacial score (nSPS) is 12.0. The molecule has 0 aliphatic rings. The summed E-state index contributed by atoms with van der Waals surface area (Å²) < 4.78 is 5.92. The molecule has 1 aromatic heterocycles. The lowest BCUT2D eigenvalue weighted by molar-refractivity contribution is 0.0936. The first kappa shape index (κ1) is 19.9. The molecule has 2 N–H and O–H groups in total. The molecule has 1 heterocycles. The Balaban J connectivity index is 1.32. The SMILES string of the molecule is C[C@@H](NC(=O)c1cc2cc(OCc3ccccc3)ccc2[nH]1)c1cccc2ccccc12. The van der Waals surface area contributed by atoms with Crippen LogP contribution in [0.5, 0.6) is 5.75 Å². The van der Waals surface area contributed by atoms with Crippen LogP contribution in [0, 0.1) is 0 Å². The number of rotatable bonds is 6. The van der Waals surface area contributed by atoms with Gasteiger partial charge >= 0.3 is 0 Å². The third-order valence-corrected chi connectivity index (χ3v) is 5.72. The number of hydrogen-bond acceptors (Lipinski definition) is 2. The lowest BCUT2D eigenvalue weighted by Gasteiger charge is -2.16. The van der Waals surface area contributed by atoms with Crippen molar-refractivity contribution in [1.29, 1.82) is 0 Å². The zero-order valence-electron chi connectivity index (χ0n) is 17.8. The summed E-state index contributed by atoms with van der Waals surface area (Å²) in [5.41, 5.74) is 3.65. The van der Waals surface area contributed by atoms with Crippen LogP contribution in [0.2, 0.25) is 0 Å². The van der Waals surface area contributed by atoms with Crippen LogP contribution in [-0.2, 0) is 6.61 Å². The van der Waals surface area contributed by atoms with E-state index in [4.69, 9.17) is 4.74 Å². The fraction of sp³-hybridized carbons (Fsp3) is 0.107. The summed E-state index contributed by atoms with van der Waals surface area (Å²) in [6.07, 6.45) is 0. The van der Waals surface area contributed by atoms with E-state index in [1.165, 1.54) is 5.39 Å². The highest BCUT2D eigenvalue weighted by Crippen LogP contribution is 2.26. The standard InChI is InChI=1S/C28H24N2O2/c1-19(24-13-7-11-21-10-5-6-12-25(21)24)29-28(31)27-17-22-16-23(14-15-26(22)30-27)32-18-20-8-3-2-4-9-20/h2-17,19,30H,18H2,1H3,(H,29,31)/t19-/m1/s1. The fourth-order valence-corrected chi connectivity index (χ4v) is 4.04. The van der Waals surface area contributed by atoms with Gasteiger partial charge in [-0.3, -0.25) is 4.79 Å². The van der Waals surface area contributed by atoms with Gasteiger partial charge in [0.2, 0.25) is 0 Å². The third kappa shape index (κ3) is 4.08. The number of amides is 1. The van der Waals surface area contributed by atoms with Crippen LogP contribution < -0.4 is 10.1 Å². The lowest BCUT2D eigenvalue weighted by atomic mass is 9.99. The van der Waals surface area contributed by atoms with Gasteiger partial charge in [-0.05, 0) is 53.1 Å². The highest BCUT2D eigenvalue weighted by Gasteiger charge is 2.15. The van der Waals surface area contributed by atoms with E-state index in [9.17, 15) is 4.79 Å². The van der Waals surface area contributed by atoms with E-state index in [1.54, 1.807) is 0 Å². The second-order valence-corrected chi connectivity index (χ2v) is 7.97. The number of aromatic amines is 1. The summed E-state index contributed by atoms with van der Waals surface area (Å²) in [6.45, 7) is 2.52. The maximum Gasteiger partial charge on any atom is 0.268 e. The Morgan fingerprint density at radius 2 is 1.66 bits per heavy atom. The molecule has 5 rings (SSSR count). The smallest absolute Gasteiger partial charge is 0.268 e. The predicted molar refractivity (Wildman–Crippen MR) is 129 cm³/mol. The third-order valence-electron chi connectivity index (χ3n) is 5.72. The number of H-pyrrole nitrogens is 1. The molecule has 0 saturated heterocycles. The molecule has 1 amide bonds. The summed E-state index contributed by atoms with van der Waals surface area (Å²) in [6, 6.07) is 32.0. The van der Waals surface area contributed by atoms with Gasteiger partial charge in [-0.1, -0.05) is 72.8 Å². The number of ether oxygens (including phenoxy) is 1. The minimum atomic E-state index is -0.131. The van der Waals surface area contributed by atoms with E-state index in [2.05, 4.69) is 34.6 Å². The average molecular weight is 421 g/mol. The minimum Gasteiger partial charge on any atom is -0.489 e. The molecular formula is C28H24N2O2. The summed E-state index contributed by atoms with van der Waals surface area (Å²) in [7, 11) is 0. The zero-order valence-corrected chi connectivity index (χ0v) is 17.8. The minimum absolute atomic E-state index is 0.121. The largest absolute Gasteiger partial charge is 0.489 e. The first-order valence-corrected chi connectivity index (χ1v) is 10.8. The second kappa shape index (κ2) is 8.60. The second-order valence-electron chi connectivity index (χ2n) is 7.97. The Labute approximate surface area is 186 Å². The Morgan fingerprint density at radius 3 is 2.53 bits per heavy atom. The van der Waals surface area contributed by atoms with Gasteiger partial charge < -0.3 is 15.0 Å². The molecule has 1 atom stereocenters. The van der Waals surface area contributed by atoms with E-state index in [-0.39, 0.29) is 11.9 Å². The Morgan fingerprint density at radius 1 is 0.875 bits per heavy atom. The first-order valence-electron chi connectivity index (χ1n) is 10.8. The van der Waals surface area contributed by atoms with Crippen molar-refractivity contribution in [2.24, 2.45) is 0 Å². The van der Waals surface area contributed by atoms with E-state index in [0.29, 0.717) is 12.3 Å². The quantitative estimate of drug-likeness (QED) is 0.334. The molecule has 0 bridgehead atoms. The van der Waals surface area contributed by atoms with Crippen molar-refractivity contribution in [1.82, 2.24) is 10.3 Å². The van der Waals surface area contributed by atoms with Crippen LogP contribution in [0.25, 0.3) is 21.7 Å². The lowest BCUT2D eigenvalue weighted by Crippen LogP contribution is -2.27. The molecule has 5 aromatic rings. The molecule has 4 heteroatoms. The van der Waals surface area contributed by atoms with Gasteiger partial charge in [0.05, 0.1) is 6.04 Å². The van der Waals surface area contributed by atoms with Crippen molar-refractivity contribution >= 4 is 27.6 Å². The Bertz CT molecular complexity index is 1380. The Kier molecular flexibility index (Phi) is 5.34. The van der Waals surface area contributed by atoms with Crippen LogP contribution in [0.3, 0.4) is 0 Å². The molecule has 4 nitrogen and oxygen atoms in total. The van der Waals surface area contributed by atoms with E-state index >= 15 is 0 Å². The number of nitrogens with one attached hydrogen (secondary N) is 2. The fourth-order valence-electron chi connectivity index (χ4n) is 4.04. The van der Waals surface area contributed by atoms with Crippen molar-refractivity contribution < 1.29 is 9.53 Å². The number of aromatic nitrogens is 1. The molecule has 0 radical (unpaired) electrons. The number of hydrogen-bond donors (Lipinski definition) is 2. The summed E-state index contributed by atoms with van der Waals surface area (Å²) >= 11 is 0. The van der Waals surface area contributed by atoms with Gasteiger partial charge in [0, 0.05) is 10.9 Å². The van der Waals surface area contributed by atoms with Gasteiger partial charge in [-0.25, -0.2) is 0 Å². The van der Waals surface area contributed by atoms with Crippen LogP contribution in [0.4, 0.5) is 0 Å². The number of fused-ring (bicyclic) bond motifs is 2. The van der Waals surface area contributed by atoms with Gasteiger partial charge in [0.25, 0.3) is 5.91 Å². The van der Waals surface area contributed by atoms with Crippen molar-refractivity contribution in [2.45, 2.75) is 19.6 Å². The highest BCUT2D eigenvalue weighted by molar-refractivity contribution is 5.98. The highest BCUT2D eigenvalue weighted by atomic mass is 16.5. The maximum atomic E-state index is 13.0. The number of carbonyl (C=O) groups is 1. The van der Waals surface area contributed by atoms with Gasteiger partial charge in [-0.15, -0.1) is 0 Å². The molecule has 4 aromatic carbocycles. The van der Waals surface area contributed by atoms with Gasteiger partial charge in [-0.2, -0.15) is 0 Å². The molecule has 0 unspecified atom stereocenters. The van der Waals surface area contributed by atoms with Crippen molar-refractivity contribution in [3.05, 3.63) is 114 Å². The molecule has 32 heavy (non-hydrogen) atoms. The van der Waals surface area contributed by atoms with Gasteiger partial charge in [0.15, 0.2) is 0 Å². The van der Waals surface area contributed by atoms with Crippen molar-refractivity contribution in [2.75, 3.05) is 0 Å². The van der Waals surface area contributed by atoms with Crippen LogP contribution in [-0.4, -0.2) is 10.9 Å². The van der Waals surface area contributed by atoms with Gasteiger partial charge in [0.1, 0.15) is 18.1 Å².